The molecule has 2 aromatic rings. The van der Waals surface area contributed by atoms with Gasteiger partial charge in [-0.25, -0.2) is 8.42 Å². The summed E-state index contributed by atoms with van der Waals surface area (Å²) >= 11 is 1.27. The van der Waals surface area contributed by atoms with Gasteiger partial charge in [-0.2, -0.15) is 4.99 Å². The third-order valence-electron chi connectivity index (χ3n) is 4.93. The Bertz CT molecular complexity index is 1100. The molecule has 3 rings (SSSR count). The third-order valence-corrected chi connectivity index (χ3v) is 7.40. The van der Waals surface area contributed by atoms with E-state index in [2.05, 4.69) is 4.99 Å². The van der Waals surface area contributed by atoms with Crippen LogP contribution in [0.5, 0.6) is 5.75 Å². The van der Waals surface area contributed by atoms with Crippen molar-refractivity contribution in [1.29, 1.82) is 0 Å². The second-order valence-corrected chi connectivity index (χ2v) is 10.5. The first-order valence-electron chi connectivity index (χ1n) is 9.38. The summed E-state index contributed by atoms with van der Waals surface area (Å²) in [5.74, 6) is -1.61. The molecule has 0 saturated carbocycles. The van der Waals surface area contributed by atoms with Crippen LogP contribution in [0.2, 0.25) is 0 Å². The number of aryl methyl sites for hydroxylation is 1. The first-order chi connectivity index (χ1) is 13.7. The SMILES string of the molecule is COc1ccc2c(c1)sc(=NC(=O)CS(=O)(=O)CC(=O)N1CCCC(C)C1)n2C. The highest BCUT2D eigenvalue weighted by Crippen LogP contribution is 2.22. The zero-order valence-corrected chi connectivity index (χ0v) is 18.4. The fourth-order valence-corrected chi connectivity index (χ4v) is 5.59. The maximum atomic E-state index is 12.4. The number of hydrogen-bond acceptors (Lipinski definition) is 6. The number of methoxy groups -OCH3 is 1. The number of thiazole rings is 1. The van der Waals surface area contributed by atoms with Crippen molar-refractivity contribution in [2.45, 2.75) is 19.8 Å². The Morgan fingerprint density at radius 1 is 1.31 bits per heavy atom. The second-order valence-electron chi connectivity index (χ2n) is 7.40. The van der Waals surface area contributed by atoms with Gasteiger partial charge in [-0.3, -0.25) is 9.59 Å². The molecule has 1 aliphatic heterocycles. The molecule has 1 aliphatic rings. The summed E-state index contributed by atoms with van der Waals surface area (Å²) in [4.78, 5) is 30.5. The lowest BCUT2D eigenvalue weighted by Crippen LogP contribution is -2.42. The lowest BCUT2D eigenvalue weighted by Gasteiger charge is -2.30. The molecule has 158 valence electrons. The van der Waals surface area contributed by atoms with E-state index < -0.39 is 33.2 Å². The number of sulfone groups is 1. The molecule has 1 atom stereocenters. The Morgan fingerprint density at radius 2 is 2.07 bits per heavy atom. The number of aromatic nitrogens is 1. The van der Waals surface area contributed by atoms with Gasteiger partial charge in [-0.1, -0.05) is 18.3 Å². The summed E-state index contributed by atoms with van der Waals surface area (Å²) in [6.45, 7) is 3.17. The van der Waals surface area contributed by atoms with Crippen LogP contribution in [0, 0.1) is 5.92 Å². The maximum Gasteiger partial charge on any atom is 0.263 e. The molecule has 1 saturated heterocycles. The van der Waals surface area contributed by atoms with Crippen LogP contribution in [0.3, 0.4) is 0 Å². The molecule has 1 aromatic heterocycles. The summed E-state index contributed by atoms with van der Waals surface area (Å²) in [5.41, 5.74) is 0.861. The van der Waals surface area contributed by atoms with E-state index in [1.165, 1.54) is 11.3 Å². The molecule has 1 unspecified atom stereocenters. The number of fused-ring (bicyclic) bond motifs is 1. The van der Waals surface area contributed by atoms with Crippen LogP contribution in [0.4, 0.5) is 0 Å². The van der Waals surface area contributed by atoms with Crippen LogP contribution in [0.15, 0.2) is 23.2 Å². The van der Waals surface area contributed by atoms with E-state index in [4.69, 9.17) is 4.74 Å². The molecule has 2 heterocycles. The monoisotopic (exact) mass is 439 g/mol. The van der Waals surface area contributed by atoms with E-state index in [-0.39, 0.29) is 0 Å². The molecule has 0 aliphatic carbocycles. The molecule has 2 amide bonds. The van der Waals surface area contributed by atoms with Crippen LogP contribution >= 0.6 is 11.3 Å². The summed E-state index contributed by atoms with van der Waals surface area (Å²) in [7, 11) is -0.553. The number of rotatable bonds is 5. The minimum atomic E-state index is -3.88. The number of likely N-dealkylation sites (tertiary alicyclic amines) is 1. The Balaban J connectivity index is 1.73. The number of benzene rings is 1. The third kappa shape index (κ3) is 5.24. The molecular formula is C19H25N3O5S2. The van der Waals surface area contributed by atoms with Crippen molar-refractivity contribution in [2.24, 2.45) is 18.0 Å². The van der Waals surface area contributed by atoms with Crippen LogP contribution in [-0.4, -0.2) is 61.4 Å². The molecule has 1 aromatic carbocycles. The summed E-state index contributed by atoms with van der Waals surface area (Å²) in [5, 5.41) is 0. The van der Waals surface area contributed by atoms with Crippen LogP contribution < -0.4 is 9.54 Å². The topological polar surface area (TPSA) is 98.0 Å². The number of piperidine rings is 1. The van der Waals surface area contributed by atoms with E-state index >= 15 is 0 Å². The Morgan fingerprint density at radius 3 is 2.76 bits per heavy atom. The fourth-order valence-electron chi connectivity index (χ4n) is 3.42. The van der Waals surface area contributed by atoms with E-state index in [0.29, 0.717) is 29.6 Å². The highest BCUT2D eigenvalue weighted by Gasteiger charge is 2.27. The van der Waals surface area contributed by atoms with Crippen molar-refractivity contribution < 1.29 is 22.7 Å². The van der Waals surface area contributed by atoms with Gasteiger partial charge < -0.3 is 14.2 Å². The van der Waals surface area contributed by atoms with Gasteiger partial charge in [0.1, 0.15) is 17.3 Å². The number of amides is 2. The van der Waals surface area contributed by atoms with Gasteiger partial charge in [0.25, 0.3) is 5.91 Å². The van der Waals surface area contributed by atoms with Crippen molar-refractivity contribution in [2.75, 3.05) is 31.7 Å². The Labute approximate surface area is 173 Å². The Kier molecular flexibility index (Phi) is 6.42. The van der Waals surface area contributed by atoms with Crippen molar-refractivity contribution in [3.63, 3.8) is 0 Å². The minimum absolute atomic E-state index is 0.360. The average Bonchev–Trinajstić information content (AvgIpc) is 2.95. The lowest BCUT2D eigenvalue weighted by atomic mass is 10.0. The molecule has 1 fully saturated rings. The number of carbonyl (C=O) groups is 2. The lowest BCUT2D eigenvalue weighted by molar-refractivity contribution is -0.130. The predicted octanol–water partition coefficient (Wildman–Crippen LogP) is 1.35. The van der Waals surface area contributed by atoms with Gasteiger partial charge in [0.15, 0.2) is 14.6 Å². The highest BCUT2D eigenvalue weighted by molar-refractivity contribution is 7.92. The van der Waals surface area contributed by atoms with Gasteiger partial charge in [-0.05, 0) is 37.0 Å². The van der Waals surface area contributed by atoms with E-state index in [1.807, 2.05) is 19.1 Å². The average molecular weight is 440 g/mol. The molecule has 0 radical (unpaired) electrons. The standard InChI is InChI=1S/C19H25N3O5S2/c1-13-5-4-8-22(10-13)18(24)12-29(25,26)11-17(23)20-19-21(2)15-7-6-14(27-3)9-16(15)28-19/h6-7,9,13H,4-5,8,10-12H2,1-3H3. The van der Waals surface area contributed by atoms with Crippen LogP contribution in [0.1, 0.15) is 19.8 Å². The number of nitrogens with zero attached hydrogens (tertiary/aromatic N) is 3. The van der Waals surface area contributed by atoms with Gasteiger partial charge in [0, 0.05) is 20.1 Å². The number of ether oxygens (including phenoxy) is 1. The maximum absolute atomic E-state index is 12.4. The molecule has 0 bridgehead atoms. The molecule has 0 N–H and O–H groups in total. The fraction of sp³-hybridized carbons (Fsp3) is 0.526. The summed E-state index contributed by atoms with van der Waals surface area (Å²) in [6, 6.07) is 5.49. The van der Waals surface area contributed by atoms with E-state index in [9.17, 15) is 18.0 Å². The predicted molar refractivity (Wildman–Crippen MR) is 112 cm³/mol. The quantitative estimate of drug-likeness (QED) is 0.700. The van der Waals surface area contributed by atoms with Gasteiger partial charge in [-0.15, -0.1) is 0 Å². The van der Waals surface area contributed by atoms with Crippen molar-refractivity contribution in [1.82, 2.24) is 9.47 Å². The first kappa shape index (κ1) is 21.5. The van der Waals surface area contributed by atoms with Gasteiger partial charge >= 0.3 is 0 Å². The van der Waals surface area contributed by atoms with Crippen LogP contribution in [0.25, 0.3) is 10.2 Å². The van der Waals surface area contributed by atoms with Crippen molar-refractivity contribution in [3.8, 4) is 5.75 Å². The normalized spacial score (nSPS) is 18.2. The summed E-state index contributed by atoms with van der Waals surface area (Å²) < 4.78 is 32.5. The number of carbonyl (C=O) groups excluding carboxylic acids is 2. The molecule has 0 spiro atoms. The molecular weight excluding hydrogens is 414 g/mol. The van der Waals surface area contributed by atoms with Crippen LogP contribution in [-0.2, 0) is 26.5 Å². The number of hydrogen-bond donors (Lipinski definition) is 0. The molecule has 29 heavy (non-hydrogen) atoms. The Hall–Kier alpha value is -2.20. The highest BCUT2D eigenvalue weighted by atomic mass is 32.2. The van der Waals surface area contributed by atoms with Crippen molar-refractivity contribution >= 4 is 43.2 Å². The minimum Gasteiger partial charge on any atom is -0.497 e. The smallest absolute Gasteiger partial charge is 0.263 e. The largest absolute Gasteiger partial charge is 0.497 e. The van der Waals surface area contributed by atoms with E-state index in [1.54, 1.807) is 29.7 Å². The second kappa shape index (κ2) is 8.66. The first-order valence-corrected chi connectivity index (χ1v) is 12.0. The zero-order valence-electron chi connectivity index (χ0n) is 16.8. The van der Waals surface area contributed by atoms with E-state index in [0.717, 1.165) is 23.1 Å². The summed E-state index contributed by atoms with van der Waals surface area (Å²) in [6.07, 6.45) is 1.90. The zero-order chi connectivity index (χ0) is 21.2. The van der Waals surface area contributed by atoms with Crippen molar-refractivity contribution in [3.05, 3.63) is 23.0 Å². The molecule has 10 heteroatoms. The van der Waals surface area contributed by atoms with Gasteiger partial charge in [0.2, 0.25) is 5.91 Å². The van der Waals surface area contributed by atoms with Gasteiger partial charge in [0.05, 0.1) is 17.3 Å². The molecule has 8 nitrogen and oxygen atoms in total.